The zero-order valence-electron chi connectivity index (χ0n) is 20.2. The maximum Gasteiger partial charge on any atom is 0.0837 e. The maximum atomic E-state index is 7.38. The summed E-state index contributed by atoms with van der Waals surface area (Å²) in [4.78, 5) is 2.44. The molecule has 3 rings (SSSR count). The van der Waals surface area contributed by atoms with Gasteiger partial charge in [0.05, 0.1) is 6.17 Å². The van der Waals surface area contributed by atoms with Crippen molar-refractivity contribution in [2.75, 3.05) is 20.1 Å². The first kappa shape index (κ1) is 24.2. The van der Waals surface area contributed by atoms with Gasteiger partial charge in [-0.3, -0.25) is 5.32 Å². The van der Waals surface area contributed by atoms with Crippen LogP contribution in [0.15, 0.2) is 49.0 Å². The molecule has 172 valence electrons. The minimum absolute atomic E-state index is 0.138. The van der Waals surface area contributed by atoms with Crippen LogP contribution in [0.3, 0.4) is 0 Å². The molecule has 2 unspecified atom stereocenters. The highest BCUT2D eigenvalue weighted by atomic mass is 15.1. The highest BCUT2D eigenvalue weighted by Gasteiger charge is 2.23. The van der Waals surface area contributed by atoms with E-state index in [-0.39, 0.29) is 6.17 Å². The van der Waals surface area contributed by atoms with E-state index in [1.54, 1.807) is 0 Å². The summed E-state index contributed by atoms with van der Waals surface area (Å²) in [5.41, 5.74) is 7.29. The minimum atomic E-state index is 0.138. The van der Waals surface area contributed by atoms with Gasteiger partial charge in [-0.1, -0.05) is 56.3 Å². The summed E-state index contributed by atoms with van der Waals surface area (Å²) >= 11 is 0. The summed E-state index contributed by atoms with van der Waals surface area (Å²) in [5.74, 6) is 0.588. The van der Waals surface area contributed by atoms with Crippen molar-refractivity contribution in [3.05, 3.63) is 76.9 Å². The summed E-state index contributed by atoms with van der Waals surface area (Å²) in [6.45, 7) is 13.2. The van der Waals surface area contributed by atoms with Gasteiger partial charge in [0.2, 0.25) is 0 Å². The summed E-state index contributed by atoms with van der Waals surface area (Å²) in [7, 11) is 2.02. The molecule has 2 aromatic carbocycles. The van der Waals surface area contributed by atoms with Crippen LogP contribution in [0.1, 0.15) is 79.4 Å². The first-order valence-corrected chi connectivity index (χ1v) is 12.0. The average molecular weight is 433 g/mol. The molecule has 1 aliphatic rings. The van der Waals surface area contributed by atoms with Crippen LogP contribution in [-0.4, -0.2) is 37.3 Å². The lowest BCUT2D eigenvalue weighted by Crippen LogP contribution is -2.38. The zero-order valence-corrected chi connectivity index (χ0v) is 20.2. The molecule has 1 fully saturated rings. The molecule has 1 heterocycles. The van der Waals surface area contributed by atoms with Gasteiger partial charge in [0.25, 0.3) is 0 Å². The second-order valence-electron chi connectivity index (χ2n) is 9.17. The van der Waals surface area contributed by atoms with Crippen LogP contribution < -0.4 is 10.6 Å². The van der Waals surface area contributed by atoms with E-state index >= 15 is 0 Å². The standard InChI is InChI=1S/C28H40N4/c1-6-7-21(3)31-28(30-5)27-18-26(11-8-20(27)2)22(4)32-16-14-25(15-17-32)24-12-9-23(19-29)10-13-24/h8-13,18-19,21,25,28-31H,4,6-7,14-17H2,1-3,5H3. The Balaban J connectivity index is 1.67. The van der Waals surface area contributed by atoms with E-state index in [2.05, 4.69) is 85.3 Å². The lowest BCUT2D eigenvalue weighted by atomic mass is 9.88. The predicted octanol–water partition coefficient (Wildman–Crippen LogP) is 5.84. The van der Waals surface area contributed by atoms with E-state index in [0.717, 1.165) is 37.2 Å². The molecule has 4 nitrogen and oxygen atoms in total. The molecule has 2 aromatic rings. The molecular formula is C28H40N4. The molecule has 3 N–H and O–H groups in total. The van der Waals surface area contributed by atoms with Gasteiger partial charge in [-0.2, -0.15) is 0 Å². The third-order valence-electron chi connectivity index (χ3n) is 6.84. The van der Waals surface area contributed by atoms with Gasteiger partial charge in [-0.25, -0.2) is 0 Å². The van der Waals surface area contributed by atoms with Crippen molar-refractivity contribution < 1.29 is 0 Å². The normalized spacial score (nSPS) is 16.6. The predicted molar refractivity (Wildman–Crippen MR) is 137 cm³/mol. The van der Waals surface area contributed by atoms with Crippen molar-refractivity contribution in [3.63, 3.8) is 0 Å². The van der Waals surface area contributed by atoms with Crippen LogP contribution >= 0.6 is 0 Å². The molecular weight excluding hydrogens is 392 g/mol. The van der Waals surface area contributed by atoms with Crippen LogP contribution in [0.25, 0.3) is 5.70 Å². The quantitative estimate of drug-likeness (QED) is 0.327. The van der Waals surface area contributed by atoms with E-state index in [1.165, 1.54) is 41.3 Å². The Kier molecular flexibility index (Phi) is 8.66. The van der Waals surface area contributed by atoms with E-state index < -0.39 is 0 Å². The van der Waals surface area contributed by atoms with Gasteiger partial charge in [-0.15, -0.1) is 0 Å². The third kappa shape index (κ3) is 5.87. The number of benzene rings is 2. The lowest BCUT2D eigenvalue weighted by Gasteiger charge is -2.35. The molecule has 0 saturated carbocycles. The van der Waals surface area contributed by atoms with E-state index in [1.807, 2.05) is 7.05 Å². The van der Waals surface area contributed by atoms with Crippen molar-refractivity contribution in [1.82, 2.24) is 15.5 Å². The van der Waals surface area contributed by atoms with Crippen LogP contribution in [-0.2, 0) is 0 Å². The Labute approximate surface area is 194 Å². The van der Waals surface area contributed by atoms with Crippen molar-refractivity contribution in [1.29, 1.82) is 5.41 Å². The topological polar surface area (TPSA) is 51.1 Å². The maximum absolute atomic E-state index is 7.38. The van der Waals surface area contributed by atoms with Crippen LogP contribution in [0.4, 0.5) is 0 Å². The lowest BCUT2D eigenvalue weighted by molar-refractivity contribution is 0.299. The van der Waals surface area contributed by atoms with Gasteiger partial charge < -0.3 is 15.6 Å². The first-order chi connectivity index (χ1) is 15.5. The third-order valence-corrected chi connectivity index (χ3v) is 6.84. The van der Waals surface area contributed by atoms with Gasteiger partial charge in [0.1, 0.15) is 0 Å². The number of piperidine rings is 1. The molecule has 0 aromatic heterocycles. The smallest absolute Gasteiger partial charge is 0.0837 e. The molecule has 1 saturated heterocycles. The fourth-order valence-electron chi connectivity index (χ4n) is 4.79. The Morgan fingerprint density at radius 3 is 2.47 bits per heavy atom. The molecule has 2 atom stereocenters. The number of aryl methyl sites for hydroxylation is 1. The van der Waals surface area contributed by atoms with Gasteiger partial charge in [0.15, 0.2) is 0 Å². The number of nitrogens with zero attached hydrogens (tertiary/aromatic N) is 1. The SMILES string of the molecule is C=C(c1ccc(C)c(C(NC)NC(C)CCC)c1)N1CCC(c2ccc(C=N)cc2)CC1. The highest BCUT2D eigenvalue weighted by molar-refractivity contribution is 5.76. The molecule has 0 radical (unpaired) electrons. The zero-order chi connectivity index (χ0) is 23.1. The second kappa shape index (κ2) is 11.4. The fraction of sp³-hybridized carbons (Fsp3) is 0.464. The number of likely N-dealkylation sites (tertiary alicyclic amines) is 1. The van der Waals surface area contributed by atoms with Crippen molar-refractivity contribution in [3.8, 4) is 0 Å². The molecule has 0 aliphatic carbocycles. The second-order valence-corrected chi connectivity index (χ2v) is 9.17. The Morgan fingerprint density at radius 2 is 1.88 bits per heavy atom. The van der Waals surface area contributed by atoms with Crippen LogP contribution in [0.2, 0.25) is 0 Å². The molecule has 1 aliphatic heterocycles. The van der Waals surface area contributed by atoms with Crippen molar-refractivity contribution >= 4 is 11.9 Å². The molecule has 4 heteroatoms. The average Bonchev–Trinajstić information content (AvgIpc) is 2.83. The Morgan fingerprint density at radius 1 is 1.19 bits per heavy atom. The van der Waals surface area contributed by atoms with E-state index in [9.17, 15) is 0 Å². The number of hydrogen-bond acceptors (Lipinski definition) is 4. The largest absolute Gasteiger partial charge is 0.371 e. The molecule has 0 spiro atoms. The number of rotatable bonds is 10. The highest BCUT2D eigenvalue weighted by Crippen LogP contribution is 2.32. The summed E-state index contributed by atoms with van der Waals surface area (Å²) in [6, 6.07) is 15.7. The summed E-state index contributed by atoms with van der Waals surface area (Å²) in [5, 5.41) is 14.6. The fourth-order valence-corrected chi connectivity index (χ4v) is 4.79. The number of hydrogen-bond donors (Lipinski definition) is 3. The number of nitrogens with one attached hydrogen (secondary N) is 3. The van der Waals surface area contributed by atoms with Crippen molar-refractivity contribution in [2.24, 2.45) is 0 Å². The van der Waals surface area contributed by atoms with Crippen LogP contribution in [0, 0.1) is 12.3 Å². The monoisotopic (exact) mass is 432 g/mol. The molecule has 0 bridgehead atoms. The summed E-state index contributed by atoms with van der Waals surface area (Å²) < 4.78 is 0. The summed E-state index contributed by atoms with van der Waals surface area (Å²) in [6.07, 6.45) is 6.17. The van der Waals surface area contributed by atoms with E-state index in [4.69, 9.17) is 5.41 Å². The minimum Gasteiger partial charge on any atom is -0.371 e. The molecule has 32 heavy (non-hydrogen) atoms. The van der Waals surface area contributed by atoms with E-state index in [0.29, 0.717) is 12.0 Å². The first-order valence-electron chi connectivity index (χ1n) is 12.0. The van der Waals surface area contributed by atoms with Crippen molar-refractivity contribution in [2.45, 2.75) is 64.6 Å². The van der Waals surface area contributed by atoms with Gasteiger partial charge in [-0.05, 0) is 80.0 Å². The Hall–Kier alpha value is -2.43. The van der Waals surface area contributed by atoms with Crippen LogP contribution in [0.5, 0.6) is 0 Å². The van der Waals surface area contributed by atoms with Gasteiger partial charge >= 0.3 is 0 Å². The molecule has 0 amide bonds. The Bertz CT molecular complexity index is 894. The van der Waals surface area contributed by atoms with Gasteiger partial charge in [0, 0.05) is 31.0 Å².